The molecule has 0 radical (unpaired) electrons. The lowest BCUT2D eigenvalue weighted by atomic mass is 10.1. The fourth-order valence-corrected chi connectivity index (χ4v) is 4.77. The summed E-state index contributed by atoms with van der Waals surface area (Å²) < 4.78 is 39.3. The Labute approximate surface area is 162 Å². The molecule has 1 aliphatic rings. The molecule has 1 aliphatic heterocycles. The van der Waals surface area contributed by atoms with Crippen molar-refractivity contribution in [3.63, 3.8) is 0 Å². The third-order valence-corrected chi connectivity index (χ3v) is 6.34. The molecule has 0 spiro atoms. The molecule has 0 fully saturated rings. The number of nitrogens with one attached hydrogen (secondary N) is 1. The van der Waals surface area contributed by atoms with E-state index in [9.17, 15) is 22.4 Å². The van der Waals surface area contributed by atoms with Gasteiger partial charge in [0.05, 0.1) is 0 Å². The summed E-state index contributed by atoms with van der Waals surface area (Å²) in [6, 6.07) is 14.3. The van der Waals surface area contributed by atoms with Crippen molar-refractivity contribution in [2.24, 2.45) is 0 Å². The van der Waals surface area contributed by atoms with Gasteiger partial charge < -0.3 is 5.32 Å². The van der Waals surface area contributed by atoms with Gasteiger partial charge in [-0.05, 0) is 36.6 Å². The van der Waals surface area contributed by atoms with Crippen LogP contribution in [0.3, 0.4) is 0 Å². The minimum Gasteiger partial charge on any atom is -0.354 e. The van der Waals surface area contributed by atoms with E-state index in [2.05, 4.69) is 5.32 Å². The second kappa shape index (κ2) is 7.93. The summed E-state index contributed by atoms with van der Waals surface area (Å²) in [6.45, 7) is 1.10. The van der Waals surface area contributed by atoms with Gasteiger partial charge in [0.1, 0.15) is 17.3 Å². The van der Waals surface area contributed by atoms with Gasteiger partial charge in [0, 0.05) is 12.1 Å². The average Bonchev–Trinajstić information content (AvgIpc) is 2.83. The van der Waals surface area contributed by atoms with Crippen LogP contribution in [0, 0.1) is 5.82 Å². The fraction of sp³-hybridized carbons (Fsp3) is 0.200. The van der Waals surface area contributed by atoms with Crippen LogP contribution in [-0.4, -0.2) is 37.6 Å². The van der Waals surface area contributed by atoms with Gasteiger partial charge in [0.2, 0.25) is 5.91 Å². The topological polar surface area (TPSA) is 83.6 Å². The Morgan fingerprint density at radius 2 is 1.71 bits per heavy atom. The Kier molecular flexibility index (Phi) is 5.60. The maximum Gasteiger partial charge on any atom is 0.268 e. The van der Waals surface area contributed by atoms with Crippen LogP contribution in [0.25, 0.3) is 4.91 Å². The second-order valence-electron chi connectivity index (χ2n) is 6.36. The molecule has 2 aromatic rings. The van der Waals surface area contributed by atoms with Crippen LogP contribution in [0.4, 0.5) is 4.39 Å². The zero-order valence-electron chi connectivity index (χ0n) is 15.2. The Hall–Kier alpha value is -3.00. The van der Waals surface area contributed by atoms with Crippen molar-refractivity contribution in [2.75, 3.05) is 13.1 Å². The lowest BCUT2D eigenvalue weighted by molar-refractivity contribution is -0.128. The monoisotopic (exact) mass is 402 g/mol. The summed E-state index contributed by atoms with van der Waals surface area (Å²) in [5, 5.41) is 2.63. The molecule has 2 amide bonds. The number of hydrogen-bond donors (Lipinski definition) is 1. The van der Waals surface area contributed by atoms with E-state index in [1.54, 1.807) is 0 Å². The molecule has 0 atom stereocenters. The van der Waals surface area contributed by atoms with Crippen LogP contribution in [0.2, 0.25) is 0 Å². The zero-order chi connectivity index (χ0) is 20.3. The number of hydrogen-bond acceptors (Lipinski definition) is 4. The van der Waals surface area contributed by atoms with Crippen LogP contribution in [0.1, 0.15) is 18.1 Å². The Bertz CT molecular complexity index is 1030. The number of rotatable bonds is 6. The van der Waals surface area contributed by atoms with Gasteiger partial charge in [0.25, 0.3) is 15.9 Å². The van der Waals surface area contributed by atoms with Crippen molar-refractivity contribution in [1.29, 1.82) is 0 Å². The largest absolute Gasteiger partial charge is 0.354 e. The zero-order valence-corrected chi connectivity index (χ0v) is 16.0. The predicted octanol–water partition coefficient (Wildman–Crippen LogP) is 2.09. The molecule has 0 unspecified atom stereocenters. The van der Waals surface area contributed by atoms with E-state index in [0.29, 0.717) is 17.3 Å². The second-order valence-corrected chi connectivity index (χ2v) is 8.16. The SMILES string of the molecule is CC1=C(c2ccc(F)cc2)S(=O)(=O)N(CC(=O)NCCc2ccccc2)C1=O. The number of halogens is 1. The van der Waals surface area contributed by atoms with Gasteiger partial charge >= 0.3 is 0 Å². The number of sulfonamides is 1. The molecule has 146 valence electrons. The molecule has 8 heteroatoms. The summed E-state index contributed by atoms with van der Waals surface area (Å²) in [6.07, 6.45) is 0.589. The molecule has 0 aromatic heterocycles. The van der Waals surface area contributed by atoms with Crippen LogP contribution in [0.15, 0.2) is 60.2 Å². The van der Waals surface area contributed by atoms with Crippen molar-refractivity contribution < 1.29 is 22.4 Å². The summed E-state index contributed by atoms with van der Waals surface area (Å²) in [5.74, 6) is -1.84. The highest BCUT2D eigenvalue weighted by atomic mass is 32.2. The van der Waals surface area contributed by atoms with E-state index in [1.165, 1.54) is 19.1 Å². The van der Waals surface area contributed by atoms with E-state index < -0.39 is 34.2 Å². The van der Waals surface area contributed by atoms with Crippen LogP contribution < -0.4 is 5.32 Å². The van der Waals surface area contributed by atoms with E-state index in [-0.39, 0.29) is 16.0 Å². The van der Waals surface area contributed by atoms with Crippen LogP contribution in [-0.2, 0) is 26.0 Å². The highest BCUT2D eigenvalue weighted by molar-refractivity contribution is 7.99. The fourth-order valence-electron chi connectivity index (χ4n) is 3.00. The van der Waals surface area contributed by atoms with E-state index in [0.717, 1.165) is 17.7 Å². The van der Waals surface area contributed by atoms with Crippen molar-refractivity contribution in [3.8, 4) is 0 Å². The van der Waals surface area contributed by atoms with E-state index in [4.69, 9.17) is 0 Å². The molecule has 1 heterocycles. The molecule has 0 saturated carbocycles. The van der Waals surface area contributed by atoms with Crippen LogP contribution in [0.5, 0.6) is 0 Å². The first-order valence-electron chi connectivity index (χ1n) is 8.65. The molecule has 0 aliphatic carbocycles. The van der Waals surface area contributed by atoms with Gasteiger partial charge in [-0.3, -0.25) is 9.59 Å². The summed E-state index contributed by atoms with van der Waals surface area (Å²) in [7, 11) is -4.18. The first-order chi connectivity index (χ1) is 13.3. The maximum atomic E-state index is 13.1. The lowest BCUT2D eigenvalue weighted by Crippen LogP contribution is -2.41. The van der Waals surface area contributed by atoms with Gasteiger partial charge in [-0.15, -0.1) is 0 Å². The Balaban J connectivity index is 1.69. The number of benzene rings is 2. The number of carbonyl (C=O) groups excluding carboxylic acids is 2. The minimum absolute atomic E-state index is 0.00342. The summed E-state index contributed by atoms with van der Waals surface area (Å²) in [5.41, 5.74) is 1.24. The molecule has 2 aromatic carbocycles. The van der Waals surface area contributed by atoms with E-state index >= 15 is 0 Å². The normalized spacial score (nSPS) is 15.8. The number of carbonyl (C=O) groups is 2. The van der Waals surface area contributed by atoms with Crippen molar-refractivity contribution in [3.05, 3.63) is 77.1 Å². The molecule has 0 bridgehead atoms. The lowest BCUT2D eigenvalue weighted by Gasteiger charge is -2.16. The van der Waals surface area contributed by atoms with Gasteiger partial charge in [-0.2, -0.15) is 0 Å². The van der Waals surface area contributed by atoms with Crippen molar-refractivity contribution >= 4 is 26.7 Å². The smallest absolute Gasteiger partial charge is 0.268 e. The first-order valence-corrected chi connectivity index (χ1v) is 10.1. The van der Waals surface area contributed by atoms with Gasteiger partial charge in [0.15, 0.2) is 0 Å². The van der Waals surface area contributed by atoms with Gasteiger partial charge in [-0.25, -0.2) is 17.1 Å². The highest BCUT2D eigenvalue weighted by Crippen LogP contribution is 2.35. The third-order valence-electron chi connectivity index (χ3n) is 4.41. The molecular weight excluding hydrogens is 383 g/mol. The quantitative estimate of drug-likeness (QED) is 0.802. The molecule has 28 heavy (non-hydrogen) atoms. The maximum absolute atomic E-state index is 13.1. The average molecular weight is 402 g/mol. The molecule has 0 saturated heterocycles. The molecule has 3 rings (SSSR count). The molecule has 1 N–H and O–H groups in total. The van der Waals surface area contributed by atoms with Gasteiger partial charge in [-0.1, -0.05) is 42.5 Å². The van der Waals surface area contributed by atoms with Crippen molar-refractivity contribution in [2.45, 2.75) is 13.3 Å². The molecular formula is C20H19FN2O4S. The highest BCUT2D eigenvalue weighted by Gasteiger charge is 2.43. The molecule has 6 nitrogen and oxygen atoms in total. The third kappa shape index (κ3) is 3.96. The summed E-state index contributed by atoms with van der Waals surface area (Å²) in [4.78, 5) is 24.4. The minimum atomic E-state index is -4.18. The first kappa shape index (κ1) is 19.8. The van der Waals surface area contributed by atoms with Crippen molar-refractivity contribution in [1.82, 2.24) is 9.62 Å². The van der Waals surface area contributed by atoms with E-state index in [1.807, 2.05) is 30.3 Å². The summed E-state index contributed by atoms with van der Waals surface area (Å²) >= 11 is 0. The predicted molar refractivity (Wildman–Crippen MR) is 103 cm³/mol. The standard InChI is InChI=1S/C20H19FN2O4S/c1-14-19(16-7-9-17(21)10-8-16)28(26,27)23(20(14)25)13-18(24)22-12-11-15-5-3-2-4-6-15/h2-10H,11-13H2,1H3,(H,22,24). The Morgan fingerprint density at radius 1 is 1.07 bits per heavy atom. The van der Waals surface area contributed by atoms with Crippen LogP contribution >= 0.6 is 0 Å². The number of nitrogens with zero attached hydrogens (tertiary/aromatic N) is 1. The number of amides is 2. The Morgan fingerprint density at radius 3 is 2.36 bits per heavy atom.